The molecule has 1 aromatic carbocycles. The molecule has 2 aromatic rings. The van der Waals surface area contributed by atoms with Gasteiger partial charge in [-0.2, -0.15) is 4.98 Å². The van der Waals surface area contributed by atoms with Gasteiger partial charge in [0.2, 0.25) is 17.6 Å². The molecule has 1 aromatic heterocycles. The molecule has 1 atom stereocenters. The fourth-order valence-electron chi connectivity index (χ4n) is 3.71. The van der Waals surface area contributed by atoms with Crippen LogP contribution in [0.4, 0.5) is 13.6 Å². The van der Waals surface area contributed by atoms with E-state index in [9.17, 15) is 18.4 Å². The van der Waals surface area contributed by atoms with Gasteiger partial charge in [-0.15, -0.1) is 0 Å². The van der Waals surface area contributed by atoms with Crippen molar-refractivity contribution in [1.82, 2.24) is 20.8 Å². The van der Waals surface area contributed by atoms with Crippen LogP contribution in [0, 0.1) is 5.92 Å². The summed E-state index contributed by atoms with van der Waals surface area (Å²) in [5.41, 5.74) is 0.204. The summed E-state index contributed by atoms with van der Waals surface area (Å²) in [6, 6.07) is 6.40. The number of hydrogen-bond acceptors (Lipinski definition) is 5. The van der Waals surface area contributed by atoms with E-state index in [1.165, 1.54) is 0 Å². The molecule has 2 fully saturated rings. The quantitative estimate of drug-likeness (QED) is 0.782. The number of benzene rings is 1. The molecular formula is C19H20F2N4O3. The van der Waals surface area contributed by atoms with Crippen molar-refractivity contribution in [3.05, 3.63) is 35.7 Å². The average molecular weight is 390 g/mol. The molecular weight excluding hydrogens is 370 g/mol. The van der Waals surface area contributed by atoms with E-state index in [0.717, 1.165) is 0 Å². The standard InChI is InChI=1S/C19H20F2N4O3/c1-18(16(26)23-17(27)24-18)13-4-2-12(3-5-13)15-22-14(28-25-15)10-11-6-8-19(20,21)9-7-11/h2-5,11H,6-10H2,1H3,(H2,23,24,26,27). The first-order valence-electron chi connectivity index (χ1n) is 9.20. The van der Waals surface area contributed by atoms with Crippen LogP contribution in [0.3, 0.4) is 0 Å². The van der Waals surface area contributed by atoms with Crippen LogP contribution < -0.4 is 10.6 Å². The second-order valence-electron chi connectivity index (χ2n) is 7.63. The van der Waals surface area contributed by atoms with Crippen molar-refractivity contribution >= 4 is 11.9 Å². The lowest BCUT2D eigenvalue weighted by Gasteiger charge is -2.27. The maximum Gasteiger partial charge on any atom is 0.322 e. The van der Waals surface area contributed by atoms with Gasteiger partial charge >= 0.3 is 6.03 Å². The van der Waals surface area contributed by atoms with Gasteiger partial charge < -0.3 is 9.84 Å². The first-order valence-corrected chi connectivity index (χ1v) is 9.20. The van der Waals surface area contributed by atoms with E-state index in [2.05, 4.69) is 20.8 Å². The molecule has 2 aliphatic rings. The number of alkyl halides is 2. The molecule has 2 heterocycles. The highest BCUT2D eigenvalue weighted by Gasteiger charge is 2.43. The Hall–Kier alpha value is -2.84. The molecule has 0 radical (unpaired) electrons. The average Bonchev–Trinajstić information content (AvgIpc) is 3.22. The van der Waals surface area contributed by atoms with Crippen molar-refractivity contribution in [2.75, 3.05) is 0 Å². The van der Waals surface area contributed by atoms with Crippen LogP contribution in [0.5, 0.6) is 0 Å². The number of carbonyl (C=O) groups excluding carboxylic acids is 2. The lowest BCUT2D eigenvalue weighted by atomic mass is 9.85. The highest BCUT2D eigenvalue weighted by molar-refractivity contribution is 6.07. The molecule has 1 aliphatic heterocycles. The van der Waals surface area contributed by atoms with Crippen molar-refractivity contribution < 1.29 is 22.9 Å². The van der Waals surface area contributed by atoms with Gasteiger partial charge in [0, 0.05) is 24.8 Å². The van der Waals surface area contributed by atoms with E-state index < -0.39 is 23.4 Å². The molecule has 1 saturated heterocycles. The van der Waals surface area contributed by atoms with Gasteiger partial charge in [0.05, 0.1) is 0 Å². The van der Waals surface area contributed by atoms with Crippen LogP contribution in [-0.2, 0) is 16.8 Å². The fourth-order valence-corrected chi connectivity index (χ4v) is 3.71. The maximum absolute atomic E-state index is 13.3. The van der Waals surface area contributed by atoms with Crippen LogP contribution in [0.15, 0.2) is 28.8 Å². The first kappa shape index (κ1) is 18.5. The second kappa shape index (κ2) is 6.65. The van der Waals surface area contributed by atoms with E-state index in [1.54, 1.807) is 31.2 Å². The number of aromatic nitrogens is 2. The summed E-state index contributed by atoms with van der Waals surface area (Å²) in [6.45, 7) is 1.63. The van der Waals surface area contributed by atoms with Crippen LogP contribution in [0.2, 0.25) is 0 Å². The molecule has 2 N–H and O–H groups in total. The summed E-state index contributed by atoms with van der Waals surface area (Å²) in [5.74, 6) is -2.01. The zero-order valence-corrected chi connectivity index (χ0v) is 15.3. The maximum atomic E-state index is 13.3. The first-order chi connectivity index (χ1) is 13.2. The Labute approximate surface area is 159 Å². The van der Waals surface area contributed by atoms with Crippen LogP contribution in [0.25, 0.3) is 11.4 Å². The third-order valence-corrected chi connectivity index (χ3v) is 5.53. The fraction of sp³-hybridized carbons (Fsp3) is 0.474. The number of amides is 3. The summed E-state index contributed by atoms with van der Waals surface area (Å²) in [5, 5.41) is 8.80. The van der Waals surface area contributed by atoms with Crippen molar-refractivity contribution in [2.45, 2.75) is 50.5 Å². The number of rotatable bonds is 4. The lowest BCUT2D eigenvalue weighted by Crippen LogP contribution is -2.40. The number of imide groups is 1. The predicted molar refractivity (Wildman–Crippen MR) is 94.4 cm³/mol. The third kappa shape index (κ3) is 3.48. The Kier molecular flexibility index (Phi) is 4.40. The van der Waals surface area contributed by atoms with E-state index in [-0.39, 0.29) is 18.8 Å². The number of nitrogens with zero attached hydrogens (tertiary/aromatic N) is 2. The van der Waals surface area contributed by atoms with Gasteiger partial charge in [0.25, 0.3) is 5.91 Å². The van der Waals surface area contributed by atoms with Crippen LogP contribution in [-0.4, -0.2) is 28.0 Å². The minimum absolute atomic E-state index is 0.0942. The molecule has 28 heavy (non-hydrogen) atoms. The summed E-state index contributed by atoms with van der Waals surface area (Å²) in [4.78, 5) is 27.8. The van der Waals surface area contributed by atoms with Gasteiger partial charge in [-0.05, 0) is 31.2 Å². The number of hydrogen-bond donors (Lipinski definition) is 2. The largest absolute Gasteiger partial charge is 0.339 e. The third-order valence-electron chi connectivity index (χ3n) is 5.53. The second-order valence-corrected chi connectivity index (χ2v) is 7.63. The molecule has 9 heteroatoms. The van der Waals surface area contributed by atoms with Crippen molar-refractivity contribution in [1.29, 1.82) is 0 Å². The van der Waals surface area contributed by atoms with E-state index in [0.29, 0.717) is 42.1 Å². The normalized spacial score (nSPS) is 24.8. The smallest absolute Gasteiger partial charge is 0.322 e. The molecule has 148 valence electrons. The predicted octanol–water partition coefficient (Wildman–Crippen LogP) is 3.16. The summed E-state index contributed by atoms with van der Waals surface area (Å²) in [6.07, 6.45) is 1.20. The van der Waals surface area contributed by atoms with E-state index in [1.807, 2.05) is 0 Å². The van der Waals surface area contributed by atoms with Crippen LogP contribution >= 0.6 is 0 Å². The highest BCUT2D eigenvalue weighted by Crippen LogP contribution is 2.37. The Morgan fingerprint density at radius 3 is 2.46 bits per heavy atom. The minimum Gasteiger partial charge on any atom is -0.339 e. The molecule has 1 unspecified atom stereocenters. The molecule has 1 saturated carbocycles. The van der Waals surface area contributed by atoms with Crippen molar-refractivity contribution in [3.63, 3.8) is 0 Å². The van der Waals surface area contributed by atoms with Gasteiger partial charge in [-0.3, -0.25) is 10.1 Å². The monoisotopic (exact) mass is 390 g/mol. The van der Waals surface area contributed by atoms with Crippen molar-refractivity contribution in [2.24, 2.45) is 5.92 Å². The van der Waals surface area contributed by atoms with Gasteiger partial charge in [0.15, 0.2) is 0 Å². The summed E-state index contributed by atoms with van der Waals surface area (Å²) in [7, 11) is 0. The number of halogens is 2. The molecule has 7 nitrogen and oxygen atoms in total. The summed E-state index contributed by atoms with van der Waals surface area (Å²) < 4.78 is 31.8. The Morgan fingerprint density at radius 1 is 1.18 bits per heavy atom. The van der Waals surface area contributed by atoms with Crippen LogP contribution in [0.1, 0.15) is 44.1 Å². The summed E-state index contributed by atoms with van der Waals surface area (Å²) >= 11 is 0. The lowest BCUT2D eigenvalue weighted by molar-refractivity contribution is -0.123. The molecule has 0 bridgehead atoms. The van der Waals surface area contributed by atoms with E-state index >= 15 is 0 Å². The molecule has 4 rings (SSSR count). The Balaban J connectivity index is 1.44. The topological polar surface area (TPSA) is 97.1 Å². The van der Waals surface area contributed by atoms with Gasteiger partial charge in [-0.1, -0.05) is 29.4 Å². The molecule has 3 amide bonds. The zero-order valence-electron chi connectivity index (χ0n) is 15.3. The SMILES string of the molecule is CC1(c2ccc(-c3noc(CC4CCC(F)(F)CC4)n3)cc2)NC(=O)NC1=O. The Morgan fingerprint density at radius 2 is 1.86 bits per heavy atom. The van der Waals surface area contributed by atoms with Crippen molar-refractivity contribution in [3.8, 4) is 11.4 Å². The number of carbonyl (C=O) groups is 2. The molecule has 1 aliphatic carbocycles. The van der Waals surface area contributed by atoms with E-state index in [4.69, 9.17) is 4.52 Å². The molecule has 0 spiro atoms. The number of urea groups is 1. The van der Waals surface area contributed by atoms with Gasteiger partial charge in [0.1, 0.15) is 5.54 Å². The zero-order chi connectivity index (χ0) is 19.9. The van der Waals surface area contributed by atoms with Gasteiger partial charge in [-0.25, -0.2) is 13.6 Å². The highest BCUT2D eigenvalue weighted by atomic mass is 19.3. The minimum atomic E-state index is -2.55. The number of nitrogens with one attached hydrogen (secondary N) is 2. The Bertz CT molecular complexity index is 902.